The summed E-state index contributed by atoms with van der Waals surface area (Å²) >= 11 is 0. The van der Waals surface area contributed by atoms with E-state index >= 15 is 0 Å². The van der Waals surface area contributed by atoms with Crippen molar-refractivity contribution >= 4 is 27.7 Å². The number of urea groups is 1. The average molecular weight is 490 g/mol. The fourth-order valence-corrected chi connectivity index (χ4v) is 4.80. The van der Waals surface area contributed by atoms with Crippen molar-refractivity contribution in [1.29, 1.82) is 0 Å². The molecular formula is C25H35N3O5S. The number of carbonyl (C=O) groups is 2. The number of nitrogens with one attached hydrogen (secondary N) is 3. The monoisotopic (exact) mass is 489 g/mol. The maximum absolute atomic E-state index is 12.6. The van der Waals surface area contributed by atoms with Gasteiger partial charge < -0.3 is 15.4 Å². The van der Waals surface area contributed by atoms with Crippen LogP contribution < -0.4 is 15.4 Å². The number of amides is 2. The Bertz CT molecular complexity index is 1050. The van der Waals surface area contributed by atoms with E-state index < -0.39 is 22.0 Å². The first kappa shape index (κ1) is 27.3. The first-order chi connectivity index (χ1) is 16.2. The number of anilines is 1. The van der Waals surface area contributed by atoms with Crippen molar-refractivity contribution in [2.75, 3.05) is 19.0 Å². The van der Waals surface area contributed by atoms with Gasteiger partial charge in [0.2, 0.25) is 10.0 Å². The normalized spacial score (nSPS) is 12.1. The molecule has 0 aliphatic rings. The van der Waals surface area contributed by atoms with Gasteiger partial charge in [0.05, 0.1) is 12.0 Å². The Morgan fingerprint density at radius 3 is 2.15 bits per heavy atom. The van der Waals surface area contributed by atoms with Crippen molar-refractivity contribution in [3.8, 4) is 0 Å². The van der Waals surface area contributed by atoms with Crippen LogP contribution in [0.3, 0.4) is 0 Å². The fraction of sp³-hybridized carbons (Fsp3) is 0.440. The molecule has 0 heterocycles. The Hall–Kier alpha value is -2.91. The topological polar surface area (TPSA) is 114 Å². The molecule has 2 amide bonds. The van der Waals surface area contributed by atoms with Crippen LogP contribution in [-0.4, -0.2) is 40.1 Å². The number of hydrogen-bond donors (Lipinski definition) is 3. The van der Waals surface area contributed by atoms with Crippen LogP contribution in [0.4, 0.5) is 10.5 Å². The van der Waals surface area contributed by atoms with Crippen LogP contribution in [0, 0.1) is 6.92 Å². The van der Waals surface area contributed by atoms with Gasteiger partial charge in [0.15, 0.2) is 0 Å². The minimum absolute atomic E-state index is 0.0872. The molecule has 34 heavy (non-hydrogen) atoms. The van der Waals surface area contributed by atoms with Gasteiger partial charge in [-0.3, -0.25) is 4.79 Å². The molecule has 2 rings (SSSR count). The highest BCUT2D eigenvalue weighted by molar-refractivity contribution is 7.89. The molecule has 0 radical (unpaired) electrons. The minimum Gasteiger partial charge on any atom is -0.468 e. The summed E-state index contributed by atoms with van der Waals surface area (Å²) in [6.45, 7) is 6.34. The van der Waals surface area contributed by atoms with E-state index in [1.54, 1.807) is 12.1 Å². The largest absolute Gasteiger partial charge is 0.468 e. The highest BCUT2D eigenvalue weighted by Gasteiger charge is 2.26. The molecule has 2 aromatic carbocycles. The number of rotatable bonds is 12. The second-order valence-corrected chi connectivity index (χ2v) is 9.76. The molecule has 1 unspecified atom stereocenters. The lowest BCUT2D eigenvalue weighted by Crippen LogP contribution is -2.41. The SMILES string of the molecule is CCc1cccc(CC)c1NC(=O)NCCCCC(NS(=O)(=O)c1ccc(C)cc1)C(=O)OC. The van der Waals surface area contributed by atoms with Crippen LogP contribution in [0.1, 0.15) is 49.8 Å². The van der Waals surface area contributed by atoms with Gasteiger partial charge in [-0.05, 0) is 62.3 Å². The first-order valence-electron chi connectivity index (χ1n) is 11.5. The molecule has 0 bridgehead atoms. The van der Waals surface area contributed by atoms with Crippen LogP contribution >= 0.6 is 0 Å². The van der Waals surface area contributed by atoms with Crippen LogP contribution in [-0.2, 0) is 32.4 Å². The number of ether oxygens (including phenoxy) is 1. The molecule has 0 saturated heterocycles. The third-order valence-electron chi connectivity index (χ3n) is 5.56. The van der Waals surface area contributed by atoms with E-state index in [9.17, 15) is 18.0 Å². The van der Waals surface area contributed by atoms with Crippen LogP contribution in [0.15, 0.2) is 47.4 Å². The van der Waals surface area contributed by atoms with E-state index in [0.29, 0.717) is 19.4 Å². The number of esters is 1. The number of benzene rings is 2. The quantitative estimate of drug-likeness (QED) is 0.309. The number of carbonyl (C=O) groups excluding carboxylic acids is 2. The summed E-state index contributed by atoms with van der Waals surface area (Å²) in [6, 6.07) is 11.1. The van der Waals surface area contributed by atoms with Crippen molar-refractivity contribution in [3.05, 3.63) is 59.2 Å². The van der Waals surface area contributed by atoms with Crippen LogP contribution in [0.5, 0.6) is 0 Å². The number of methoxy groups -OCH3 is 1. The van der Waals surface area contributed by atoms with E-state index in [0.717, 1.165) is 35.2 Å². The molecule has 0 saturated carbocycles. The Balaban J connectivity index is 1.87. The molecule has 9 heteroatoms. The number of aryl methyl sites for hydroxylation is 3. The van der Waals surface area contributed by atoms with Gasteiger partial charge in [-0.25, -0.2) is 13.2 Å². The van der Waals surface area contributed by atoms with Gasteiger partial charge in [0.1, 0.15) is 6.04 Å². The van der Waals surface area contributed by atoms with E-state index in [2.05, 4.69) is 15.4 Å². The predicted molar refractivity (Wildman–Crippen MR) is 133 cm³/mol. The Labute approximate surface area is 202 Å². The Morgan fingerprint density at radius 1 is 0.971 bits per heavy atom. The average Bonchev–Trinajstić information content (AvgIpc) is 2.82. The minimum atomic E-state index is -3.87. The molecule has 8 nitrogen and oxygen atoms in total. The highest BCUT2D eigenvalue weighted by Crippen LogP contribution is 2.22. The molecule has 2 aromatic rings. The molecule has 186 valence electrons. The second-order valence-electron chi connectivity index (χ2n) is 8.05. The van der Waals surface area contributed by atoms with Gasteiger partial charge in [-0.2, -0.15) is 4.72 Å². The van der Waals surface area contributed by atoms with Crippen molar-refractivity contribution in [2.24, 2.45) is 0 Å². The van der Waals surface area contributed by atoms with Crippen LogP contribution in [0.2, 0.25) is 0 Å². The predicted octanol–water partition coefficient (Wildman–Crippen LogP) is 3.93. The molecule has 0 aromatic heterocycles. The van der Waals surface area contributed by atoms with Gasteiger partial charge in [0, 0.05) is 12.2 Å². The second kappa shape index (κ2) is 13.1. The first-order valence-corrected chi connectivity index (χ1v) is 13.0. The lowest BCUT2D eigenvalue weighted by molar-refractivity contribution is -0.142. The molecule has 0 fully saturated rings. The van der Waals surface area contributed by atoms with Crippen LogP contribution in [0.25, 0.3) is 0 Å². The summed E-state index contributed by atoms with van der Waals surface area (Å²) < 4.78 is 32.5. The maximum Gasteiger partial charge on any atom is 0.323 e. The molecule has 1 atom stereocenters. The van der Waals surface area contributed by atoms with Gasteiger partial charge >= 0.3 is 12.0 Å². The van der Waals surface area contributed by atoms with Gasteiger partial charge in [-0.1, -0.05) is 49.7 Å². The zero-order chi connectivity index (χ0) is 25.1. The molecule has 0 spiro atoms. The summed E-state index contributed by atoms with van der Waals surface area (Å²) in [5, 5.41) is 5.77. The number of hydrogen-bond acceptors (Lipinski definition) is 5. The fourth-order valence-electron chi connectivity index (χ4n) is 3.58. The maximum atomic E-state index is 12.6. The third kappa shape index (κ3) is 7.85. The number of sulfonamides is 1. The van der Waals surface area contributed by atoms with E-state index in [1.807, 2.05) is 39.0 Å². The number of unbranched alkanes of at least 4 members (excludes halogenated alkanes) is 1. The summed E-state index contributed by atoms with van der Waals surface area (Å²) in [5.41, 5.74) is 3.94. The zero-order valence-electron chi connectivity index (χ0n) is 20.3. The number of para-hydroxylation sites is 1. The van der Waals surface area contributed by atoms with Crippen molar-refractivity contribution in [3.63, 3.8) is 0 Å². The Morgan fingerprint density at radius 2 is 1.59 bits per heavy atom. The lowest BCUT2D eigenvalue weighted by Gasteiger charge is -2.17. The van der Waals surface area contributed by atoms with E-state index in [1.165, 1.54) is 19.2 Å². The van der Waals surface area contributed by atoms with E-state index in [4.69, 9.17) is 4.74 Å². The molecule has 0 aliphatic heterocycles. The van der Waals surface area contributed by atoms with Crippen molar-refractivity contribution < 1.29 is 22.7 Å². The highest BCUT2D eigenvalue weighted by atomic mass is 32.2. The summed E-state index contributed by atoms with van der Waals surface area (Å²) in [6.07, 6.45) is 2.97. The molecule has 3 N–H and O–H groups in total. The zero-order valence-corrected chi connectivity index (χ0v) is 21.1. The third-order valence-corrected chi connectivity index (χ3v) is 7.04. The van der Waals surface area contributed by atoms with Crippen molar-refractivity contribution in [1.82, 2.24) is 10.0 Å². The summed E-state index contributed by atoms with van der Waals surface area (Å²) in [7, 11) is -2.64. The smallest absolute Gasteiger partial charge is 0.323 e. The molecular weight excluding hydrogens is 454 g/mol. The lowest BCUT2D eigenvalue weighted by atomic mass is 10.0. The van der Waals surface area contributed by atoms with Crippen molar-refractivity contribution in [2.45, 2.75) is 63.8 Å². The van der Waals surface area contributed by atoms with Gasteiger partial charge in [-0.15, -0.1) is 0 Å². The summed E-state index contributed by atoms with van der Waals surface area (Å²) in [4.78, 5) is 24.6. The molecule has 0 aliphatic carbocycles. The van der Waals surface area contributed by atoms with Gasteiger partial charge in [0.25, 0.3) is 0 Å². The summed E-state index contributed by atoms with van der Waals surface area (Å²) in [5.74, 6) is -0.648. The standard InChI is InChI=1S/C25H35N3O5S/c1-5-19-10-9-11-20(6-2)23(19)27-25(30)26-17-8-7-12-22(24(29)33-4)28-34(31,32)21-15-13-18(3)14-16-21/h9-11,13-16,22,28H,5-8,12,17H2,1-4H3,(H2,26,27,30). The van der Waals surface area contributed by atoms with E-state index in [-0.39, 0.29) is 17.3 Å². The Kier molecular flexibility index (Phi) is 10.5.